The summed E-state index contributed by atoms with van der Waals surface area (Å²) in [6, 6.07) is 9.14. The van der Waals surface area contributed by atoms with Crippen molar-refractivity contribution < 1.29 is 5.11 Å². The van der Waals surface area contributed by atoms with Crippen molar-refractivity contribution >= 4 is 5.69 Å². The topological polar surface area (TPSA) is 35.5 Å². The first-order valence-electron chi connectivity index (χ1n) is 6.97. The molecule has 100 valence electrons. The van der Waals surface area contributed by atoms with Crippen LogP contribution in [0.15, 0.2) is 24.3 Å². The fourth-order valence-electron chi connectivity index (χ4n) is 2.95. The number of nitrogens with zero attached hydrogens (tertiary/aromatic N) is 1. The van der Waals surface area contributed by atoms with Crippen LogP contribution in [0.2, 0.25) is 0 Å². The minimum Gasteiger partial charge on any atom is -0.395 e. The van der Waals surface area contributed by atoms with E-state index in [4.69, 9.17) is 0 Å². The van der Waals surface area contributed by atoms with Gasteiger partial charge >= 0.3 is 0 Å². The Bertz CT molecular complexity index is 361. The highest BCUT2D eigenvalue weighted by atomic mass is 16.3. The molecule has 2 N–H and O–H groups in total. The van der Waals surface area contributed by atoms with E-state index in [9.17, 15) is 5.11 Å². The molecule has 0 bridgehead atoms. The van der Waals surface area contributed by atoms with Crippen LogP contribution >= 0.6 is 0 Å². The summed E-state index contributed by atoms with van der Waals surface area (Å²) >= 11 is 0. The molecule has 1 aromatic rings. The number of aliphatic hydroxyl groups is 1. The zero-order chi connectivity index (χ0) is 12.8. The van der Waals surface area contributed by atoms with E-state index in [0.717, 1.165) is 13.1 Å². The smallest absolute Gasteiger partial charge is 0.0606 e. The van der Waals surface area contributed by atoms with E-state index in [1.54, 1.807) is 0 Å². The maximum absolute atomic E-state index is 9.32. The molecule has 0 heterocycles. The van der Waals surface area contributed by atoms with Crippen LogP contribution in [0.3, 0.4) is 0 Å². The van der Waals surface area contributed by atoms with Gasteiger partial charge in [-0.1, -0.05) is 31.0 Å². The molecule has 3 nitrogen and oxygen atoms in total. The van der Waals surface area contributed by atoms with Crippen molar-refractivity contribution in [3.05, 3.63) is 29.8 Å². The van der Waals surface area contributed by atoms with Crippen molar-refractivity contribution in [2.24, 2.45) is 0 Å². The third-order valence-electron chi connectivity index (χ3n) is 3.77. The summed E-state index contributed by atoms with van der Waals surface area (Å²) in [6.07, 6.45) is 5.16. The highest BCUT2D eigenvalue weighted by molar-refractivity contribution is 5.54. The molecule has 0 spiro atoms. The lowest BCUT2D eigenvalue weighted by Crippen LogP contribution is -2.36. The molecule has 1 aliphatic carbocycles. The summed E-state index contributed by atoms with van der Waals surface area (Å²) < 4.78 is 0. The summed E-state index contributed by atoms with van der Waals surface area (Å²) in [6.45, 7) is 1.85. The number of rotatable bonds is 6. The van der Waals surface area contributed by atoms with Crippen LogP contribution in [0.1, 0.15) is 31.2 Å². The van der Waals surface area contributed by atoms with Gasteiger partial charge in [0.15, 0.2) is 0 Å². The molecule has 0 atom stereocenters. The molecule has 1 aromatic carbocycles. The molecule has 18 heavy (non-hydrogen) atoms. The molecule has 0 aromatic heterocycles. The van der Waals surface area contributed by atoms with Gasteiger partial charge in [-0.2, -0.15) is 0 Å². The summed E-state index contributed by atoms with van der Waals surface area (Å²) in [5, 5.41) is 12.5. The van der Waals surface area contributed by atoms with Gasteiger partial charge in [0, 0.05) is 24.8 Å². The van der Waals surface area contributed by atoms with Gasteiger partial charge in [-0.3, -0.25) is 0 Å². The number of hydrogen-bond donors (Lipinski definition) is 2. The lowest BCUT2D eigenvalue weighted by molar-refractivity contribution is 0.297. The number of benzene rings is 1. The van der Waals surface area contributed by atoms with Gasteiger partial charge in [-0.05, 0) is 31.5 Å². The second-order valence-electron chi connectivity index (χ2n) is 5.01. The summed E-state index contributed by atoms with van der Waals surface area (Å²) in [5.41, 5.74) is 2.60. The van der Waals surface area contributed by atoms with E-state index >= 15 is 0 Å². The van der Waals surface area contributed by atoms with Crippen LogP contribution in [0.4, 0.5) is 5.69 Å². The Balaban J connectivity index is 2.23. The van der Waals surface area contributed by atoms with Gasteiger partial charge in [-0.15, -0.1) is 0 Å². The van der Waals surface area contributed by atoms with E-state index in [0.29, 0.717) is 6.04 Å². The van der Waals surface area contributed by atoms with Gasteiger partial charge in [0.05, 0.1) is 6.61 Å². The Morgan fingerprint density at radius 3 is 2.67 bits per heavy atom. The lowest BCUT2D eigenvalue weighted by atomic mass is 10.1. The first-order valence-corrected chi connectivity index (χ1v) is 6.97. The second kappa shape index (κ2) is 6.76. The Labute approximate surface area is 110 Å². The van der Waals surface area contributed by atoms with Crippen molar-refractivity contribution in [1.82, 2.24) is 5.32 Å². The van der Waals surface area contributed by atoms with E-state index in [1.807, 2.05) is 7.05 Å². The van der Waals surface area contributed by atoms with Crippen LogP contribution in [-0.4, -0.2) is 31.3 Å². The largest absolute Gasteiger partial charge is 0.395 e. The lowest BCUT2D eigenvalue weighted by Gasteiger charge is -2.32. The normalized spacial score (nSPS) is 16.1. The fourth-order valence-corrected chi connectivity index (χ4v) is 2.95. The maximum atomic E-state index is 9.32. The van der Waals surface area contributed by atoms with Crippen molar-refractivity contribution in [2.45, 2.75) is 38.3 Å². The van der Waals surface area contributed by atoms with E-state index in [2.05, 4.69) is 34.5 Å². The Kier molecular flexibility index (Phi) is 5.02. The van der Waals surface area contributed by atoms with Crippen molar-refractivity contribution in [3.8, 4) is 0 Å². The minimum absolute atomic E-state index is 0.227. The third-order valence-corrected chi connectivity index (χ3v) is 3.77. The molecule has 0 amide bonds. The van der Waals surface area contributed by atoms with Crippen LogP contribution in [0.5, 0.6) is 0 Å². The summed E-state index contributed by atoms with van der Waals surface area (Å²) in [7, 11) is 1.97. The standard InChI is InChI=1S/C15H24N2O/c1-16-12-13-6-2-5-9-15(13)17(10-11-18)14-7-3-4-8-14/h2,5-6,9,14,16,18H,3-4,7-8,10-12H2,1H3. The quantitative estimate of drug-likeness (QED) is 0.809. The van der Waals surface area contributed by atoms with Crippen molar-refractivity contribution in [3.63, 3.8) is 0 Å². The van der Waals surface area contributed by atoms with Gasteiger partial charge in [0.2, 0.25) is 0 Å². The number of hydrogen-bond acceptors (Lipinski definition) is 3. The van der Waals surface area contributed by atoms with E-state index in [-0.39, 0.29) is 6.61 Å². The maximum Gasteiger partial charge on any atom is 0.0606 e. The predicted molar refractivity (Wildman–Crippen MR) is 75.9 cm³/mol. The van der Waals surface area contributed by atoms with Crippen LogP contribution in [0.25, 0.3) is 0 Å². The molecular formula is C15H24N2O. The summed E-state index contributed by atoms with van der Waals surface area (Å²) in [5.74, 6) is 0. The average Bonchev–Trinajstić information content (AvgIpc) is 2.91. The molecular weight excluding hydrogens is 224 g/mol. The molecule has 0 saturated heterocycles. The second-order valence-corrected chi connectivity index (χ2v) is 5.01. The SMILES string of the molecule is CNCc1ccccc1N(CCO)C1CCCC1. The highest BCUT2D eigenvalue weighted by Gasteiger charge is 2.23. The number of para-hydroxylation sites is 1. The van der Waals surface area contributed by atoms with Gasteiger partial charge < -0.3 is 15.3 Å². The molecule has 0 aliphatic heterocycles. The summed E-state index contributed by atoms with van der Waals surface area (Å²) in [4.78, 5) is 2.40. The number of aliphatic hydroxyl groups excluding tert-OH is 1. The molecule has 1 aliphatic rings. The molecule has 1 saturated carbocycles. The van der Waals surface area contributed by atoms with Crippen molar-refractivity contribution in [2.75, 3.05) is 25.1 Å². The molecule has 2 rings (SSSR count). The van der Waals surface area contributed by atoms with Crippen LogP contribution in [-0.2, 0) is 6.54 Å². The molecule has 3 heteroatoms. The molecule has 0 unspecified atom stereocenters. The number of anilines is 1. The molecule has 1 fully saturated rings. The highest BCUT2D eigenvalue weighted by Crippen LogP contribution is 2.30. The van der Waals surface area contributed by atoms with Crippen LogP contribution in [0, 0.1) is 0 Å². The number of nitrogens with one attached hydrogen (secondary N) is 1. The van der Waals surface area contributed by atoms with Crippen LogP contribution < -0.4 is 10.2 Å². The van der Waals surface area contributed by atoms with Crippen molar-refractivity contribution in [1.29, 1.82) is 0 Å². The third kappa shape index (κ3) is 3.03. The molecule has 0 radical (unpaired) electrons. The average molecular weight is 248 g/mol. The van der Waals surface area contributed by atoms with E-state index < -0.39 is 0 Å². The zero-order valence-electron chi connectivity index (χ0n) is 11.2. The van der Waals surface area contributed by atoms with Gasteiger partial charge in [0.25, 0.3) is 0 Å². The Morgan fingerprint density at radius 1 is 1.28 bits per heavy atom. The van der Waals surface area contributed by atoms with Gasteiger partial charge in [-0.25, -0.2) is 0 Å². The minimum atomic E-state index is 0.227. The first-order chi connectivity index (χ1) is 8.86. The first kappa shape index (κ1) is 13.4. The van der Waals surface area contributed by atoms with E-state index in [1.165, 1.54) is 36.9 Å². The predicted octanol–water partition coefficient (Wildman–Crippen LogP) is 2.15. The van der Waals surface area contributed by atoms with Gasteiger partial charge in [0.1, 0.15) is 0 Å². The zero-order valence-corrected chi connectivity index (χ0v) is 11.2. The fraction of sp³-hybridized carbons (Fsp3) is 0.600. The Morgan fingerprint density at radius 2 is 2.00 bits per heavy atom. The monoisotopic (exact) mass is 248 g/mol. The Hall–Kier alpha value is -1.06.